The van der Waals surface area contributed by atoms with Gasteiger partial charge in [-0.15, -0.1) is 0 Å². The lowest BCUT2D eigenvalue weighted by atomic mass is 9.75. The fourth-order valence-corrected chi connectivity index (χ4v) is 3.71. The number of hydrogen-bond donors (Lipinski definition) is 2. The van der Waals surface area contributed by atoms with Crippen molar-refractivity contribution in [3.05, 3.63) is 39.7 Å². The van der Waals surface area contributed by atoms with E-state index in [9.17, 15) is 9.90 Å². The number of benzene rings is 1. The van der Waals surface area contributed by atoms with Crippen molar-refractivity contribution < 1.29 is 19.3 Å². The minimum Gasteiger partial charge on any atom is -0.507 e. The summed E-state index contributed by atoms with van der Waals surface area (Å²) in [5.41, 5.74) is 3.10. The largest absolute Gasteiger partial charge is 0.507 e. The molecular formula is C21H27NO5. The molecule has 1 aliphatic rings. The highest BCUT2D eigenvalue weighted by Gasteiger charge is 2.31. The van der Waals surface area contributed by atoms with Gasteiger partial charge in [0.05, 0.1) is 19.4 Å². The molecular weight excluding hydrogens is 346 g/mol. The summed E-state index contributed by atoms with van der Waals surface area (Å²) in [6.07, 6.45) is 1.55. The molecule has 146 valence electrons. The molecule has 1 aromatic heterocycles. The van der Waals surface area contributed by atoms with Crippen molar-refractivity contribution >= 4 is 0 Å². The molecule has 1 aliphatic carbocycles. The summed E-state index contributed by atoms with van der Waals surface area (Å²) >= 11 is 0. The van der Waals surface area contributed by atoms with E-state index < -0.39 is 0 Å². The lowest BCUT2D eigenvalue weighted by molar-refractivity contribution is 0.170. The minimum absolute atomic E-state index is 0.0527. The van der Waals surface area contributed by atoms with Gasteiger partial charge >= 0.3 is 0 Å². The second kappa shape index (κ2) is 8.05. The van der Waals surface area contributed by atoms with Crippen LogP contribution in [0.1, 0.15) is 37.3 Å². The van der Waals surface area contributed by atoms with E-state index in [1.54, 1.807) is 14.2 Å². The number of aromatic amines is 1. The number of aromatic nitrogens is 1. The summed E-state index contributed by atoms with van der Waals surface area (Å²) in [6, 6.07) is 5.12. The predicted octanol–water partition coefficient (Wildman–Crippen LogP) is 3.47. The second-order valence-corrected chi connectivity index (χ2v) is 7.22. The van der Waals surface area contributed by atoms with E-state index in [0.717, 1.165) is 29.5 Å². The Morgan fingerprint density at radius 3 is 2.63 bits per heavy atom. The van der Waals surface area contributed by atoms with Gasteiger partial charge in [-0.3, -0.25) is 4.79 Å². The van der Waals surface area contributed by atoms with Crippen LogP contribution < -0.4 is 15.0 Å². The summed E-state index contributed by atoms with van der Waals surface area (Å²) in [6.45, 7) is 5.41. The molecule has 1 unspecified atom stereocenters. The number of fused-ring (bicyclic) bond motifs is 3. The van der Waals surface area contributed by atoms with Crippen LogP contribution in [0.2, 0.25) is 0 Å². The summed E-state index contributed by atoms with van der Waals surface area (Å²) in [5.74, 6) is 1.75. The Kier molecular flexibility index (Phi) is 5.75. The van der Waals surface area contributed by atoms with Crippen LogP contribution in [0.4, 0.5) is 0 Å². The Bertz CT molecular complexity index is 872. The lowest BCUT2D eigenvalue weighted by Gasteiger charge is -2.31. The van der Waals surface area contributed by atoms with E-state index >= 15 is 0 Å². The molecule has 0 fully saturated rings. The Hall–Kier alpha value is -2.47. The first-order valence-corrected chi connectivity index (χ1v) is 9.25. The molecule has 0 saturated carbocycles. The monoisotopic (exact) mass is 373 g/mol. The number of aromatic hydroxyl groups is 1. The quantitative estimate of drug-likeness (QED) is 0.727. The summed E-state index contributed by atoms with van der Waals surface area (Å²) in [7, 11) is 3.26. The number of hydrogen-bond acceptors (Lipinski definition) is 5. The van der Waals surface area contributed by atoms with E-state index in [4.69, 9.17) is 14.2 Å². The van der Waals surface area contributed by atoms with Gasteiger partial charge in [-0.2, -0.15) is 0 Å². The zero-order valence-corrected chi connectivity index (χ0v) is 16.3. The van der Waals surface area contributed by atoms with Crippen molar-refractivity contribution in [1.29, 1.82) is 0 Å². The first kappa shape index (κ1) is 19.3. The molecule has 3 rings (SSSR count). The van der Waals surface area contributed by atoms with Crippen LogP contribution in [-0.2, 0) is 11.2 Å². The Morgan fingerprint density at radius 2 is 1.96 bits per heavy atom. The lowest BCUT2D eigenvalue weighted by Crippen LogP contribution is -2.21. The number of pyridine rings is 1. The second-order valence-electron chi connectivity index (χ2n) is 7.22. The van der Waals surface area contributed by atoms with Crippen LogP contribution in [0.15, 0.2) is 23.0 Å². The van der Waals surface area contributed by atoms with Crippen molar-refractivity contribution in [3.63, 3.8) is 0 Å². The molecule has 0 amide bonds. The third-order valence-corrected chi connectivity index (χ3v) is 5.09. The van der Waals surface area contributed by atoms with Gasteiger partial charge in [-0.05, 0) is 36.0 Å². The fraction of sp³-hybridized carbons (Fsp3) is 0.476. The van der Waals surface area contributed by atoms with Gasteiger partial charge in [0.2, 0.25) is 0 Å². The molecule has 1 heterocycles. The average Bonchev–Trinajstić information content (AvgIpc) is 2.63. The number of ether oxygens (including phenoxy) is 3. The summed E-state index contributed by atoms with van der Waals surface area (Å²) in [4.78, 5) is 14.9. The highest BCUT2D eigenvalue weighted by Crippen LogP contribution is 2.47. The number of H-pyrrole nitrogens is 1. The normalized spacial score (nSPS) is 15.4. The van der Waals surface area contributed by atoms with E-state index in [2.05, 4.69) is 18.8 Å². The van der Waals surface area contributed by atoms with Gasteiger partial charge in [0, 0.05) is 37.3 Å². The van der Waals surface area contributed by atoms with Gasteiger partial charge in [-0.25, -0.2) is 0 Å². The van der Waals surface area contributed by atoms with Crippen LogP contribution >= 0.6 is 0 Å². The van der Waals surface area contributed by atoms with Gasteiger partial charge in [0.15, 0.2) is 11.5 Å². The highest BCUT2D eigenvalue weighted by atomic mass is 16.5. The standard InChI is InChI=1S/C21H27NO5/c1-12(2)14-8-13-9-18(27-7-5-6-25-3)17(26-4)10-15(13)21-20(14)16(23)11-19(24)22-21/h9-12,14H,5-8H2,1-4H3,(H2,22,23,24). The molecule has 27 heavy (non-hydrogen) atoms. The van der Waals surface area contributed by atoms with Gasteiger partial charge in [0.1, 0.15) is 5.75 Å². The molecule has 6 nitrogen and oxygen atoms in total. The third-order valence-electron chi connectivity index (χ3n) is 5.09. The minimum atomic E-state index is -0.319. The third kappa shape index (κ3) is 3.81. The maximum absolute atomic E-state index is 12.0. The molecule has 0 saturated heterocycles. The first-order valence-electron chi connectivity index (χ1n) is 9.25. The van der Waals surface area contributed by atoms with Crippen molar-refractivity contribution in [1.82, 2.24) is 4.98 Å². The van der Waals surface area contributed by atoms with Crippen LogP contribution in [0.5, 0.6) is 17.2 Å². The van der Waals surface area contributed by atoms with Gasteiger partial charge < -0.3 is 24.3 Å². The zero-order valence-electron chi connectivity index (χ0n) is 16.3. The molecule has 1 atom stereocenters. The number of rotatable bonds is 7. The first-order chi connectivity index (χ1) is 13.0. The van der Waals surface area contributed by atoms with Crippen molar-refractivity contribution in [2.45, 2.75) is 32.6 Å². The van der Waals surface area contributed by atoms with E-state index in [0.29, 0.717) is 36.3 Å². The maximum Gasteiger partial charge on any atom is 0.252 e. The Labute approximate surface area is 159 Å². The van der Waals surface area contributed by atoms with E-state index in [1.807, 2.05) is 12.1 Å². The van der Waals surface area contributed by atoms with E-state index in [-0.39, 0.29) is 17.2 Å². The van der Waals surface area contributed by atoms with Crippen molar-refractivity contribution in [2.24, 2.45) is 5.92 Å². The van der Waals surface area contributed by atoms with Gasteiger partial charge in [0.25, 0.3) is 5.56 Å². The molecule has 2 aromatic rings. The average molecular weight is 373 g/mol. The summed E-state index contributed by atoms with van der Waals surface area (Å²) in [5, 5.41) is 10.4. The topological polar surface area (TPSA) is 80.8 Å². The SMILES string of the molecule is COCCCOc1cc2c(cc1OC)-c1[nH]c(=O)cc(O)c1C(C(C)C)C2. The summed E-state index contributed by atoms with van der Waals surface area (Å²) < 4.78 is 16.5. The molecule has 6 heteroatoms. The molecule has 0 radical (unpaired) electrons. The highest BCUT2D eigenvalue weighted by molar-refractivity contribution is 5.75. The van der Waals surface area contributed by atoms with Crippen molar-refractivity contribution in [2.75, 3.05) is 27.4 Å². The smallest absolute Gasteiger partial charge is 0.252 e. The molecule has 1 aromatic carbocycles. The van der Waals surface area contributed by atoms with Crippen LogP contribution in [0.3, 0.4) is 0 Å². The number of nitrogens with one attached hydrogen (secondary N) is 1. The fourth-order valence-electron chi connectivity index (χ4n) is 3.71. The molecule has 0 spiro atoms. The predicted molar refractivity (Wildman–Crippen MR) is 104 cm³/mol. The van der Waals surface area contributed by atoms with Crippen LogP contribution in [0.25, 0.3) is 11.3 Å². The zero-order chi connectivity index (χ0) is 19.6. The van der Waals surface area contributed by atoms with Crippen LogP contribution in [-0.4, -0.2) is 37.5 Å². The Morgan fingerprint density at radius 1 is 1.19 bits per heavy atom. The molecule has 0 aliphatic heterocycles. The van der Waals surface area contributed by atoms with E-state index in [1.165, 1.54) is 6.07 Å². The molecule has 2 N–H and O–H groups in total. The Balaban J connectivity index is 2.08. The molecule has 0 bridgehead atoms. The van der Waals surface area contributed by atoms with Gasteiger partial charge in [-0.1, -0.05) is 13.8 Å². The van der Waals surface area contributed by atoms with Crippen LogP contribution in [0, 0.1) is 5.92 Å². The van der Waals surface area contributed by atoms with Crippen molar-refractivity contribution in [3.8, 4) is 28.5 Å². The number of methoxy groups -OCH3 is 2. The maximum atomic E-state index is 12.0.